The van der Waals surface area contributed by atoms with Crippen LogP contribution in [0.3, 0.4) is 0 Å². The van der Waals surface area contributed by atoms with Crippen LogP contribution < -0.4 is 0 Å². The average Bonchev–Trinajstić information content (AvgIpc) is 2.29. The van der Waals surface area contributed by atoms with Crippen LogP contribution in [0.4, 0.5) is 0 Å². The van der Waals surface area contributed by atoms with Gasteiger partial charge in [0.15, 0.2) is 0 Å². The molecule has 0 spiro atoms. The van der Waals surface area contributed by atoms with Gasteiger partial charge in [-0.15, -0.1) is 0 Å². The lowest BCUT2D eigenvalue weighted by Crippen LogP contribution is -2.08. The van der Waals surface area contributed by atoms with E-state index in [1.54, 1.807) is 7.11 Å². The summed E-state index contributed by atoms with van der Waals surface area (Å²) in [6.45, 7) is 4.45. The summed E-state index contributed by atoms with van der Waals surface area (Å²) in [5.41, 5.74) is 0. The Bertz CT molecular complexity index is 159. The molecule has 0 aromatic heterocycles. The average molecular weight is 232 g/mol. The quantitative estimate of drug-likeness (QED) is 0.404. The molecule has 0 aliphatic rings. The summed E-state index contributed by atoms with van der Waals surface area (Å²) >= 11 is 0. The highest BCUT2D eigenvalue weighted by Crippen LogP contribution is 1.98. The number of ether oxygens (including phenoxy) is 3. The topological polar surface area (TPSA) is 44.8 Å². The Balaban J connectivity index is 3.11. The summed E-state index contributed by atoms with van der Waals surface area (Å²) in [5.74, 6) is -0.119. The molecule has 0 aromatic carbocycles. The first-order chi connectivity index (χ1) is 7.81. The number of carbonyl (C=O) groups excluding carboxylic acids is 1. The van der Waals surface area contributed by atoms with Gasteiger partial charge in [-0.05, 0) is 12.8 Å². The predicted octanol–water partition coefficient (Wildman–Crippen LogP) is 2.16. The molecule has 0 saturated carbocycles. The normalized spacial score (nSPS) is 10.4. The van der Waals surface area contributed by atoms with Crippen LogP contribution >= 0.6 is 0 Å². The number of methoxy groups -OCH3 is 1. The summed E-state index contributed by atoms with van der Waals surface area (Å²) in [6, 6.07) is 0. The molecule has 16 heavy (non-hydrogen) atoms. The largest absolute Gasteiger partial charge is 0.466 e. The van der Waals surface area contributed by atoms with Crippen molar-refractivity contribution in [2.24, 2.45) is 0 Å². The van der Waals surface area contributed by atoms with Crippen molar-refractivity contribution in [3.8, 4) is 0 Å². The van der Waals surface area contributed by atoms with Crippen molar-refractivity contribution in [2.45, 2.75) is 39.0 Å². The number of unbranched alkanes of at least 4 members (excludes halogenated alkanes) is 2. The van der Waals surface area contributed by atoms with Crippen molar-refractivity contribution in [3.63, 3.8) is 0 Å². The first-order valence-electron chi connectivity index (χ1n) is 6.03. The molecule has 0 aromatic rings. The van der Waals surface area contributed by atoms with Crippen LogP contribution in [0.1, 0.15) is 39.0 Å². The molecule has 0 saturated heterocycles. The van der Waals surface area contributed by atoms with Crippen molar-refractivity contribution in [1.82, 2.24) is 0 Å². The second kappa shape index (κ2) is 12.5. The van der Waals surface area contributed by atoms with Crippen LogP contribution in [0.25, 0.3) is 0 Å². The van der Waals surface area contributed by atoms with Gasteiger partial charge < -0.3 is 14.2 Å². The first kappa shape index (κ1) is 15.4. The Morgan fingerprint density at radius 2 is 1.81 bits per heavy atom. The predicted molar refractivity (Wildman–Crippen MR) is 62.4 cm³/mol. The number of carbonyl (C=O) groups is 1. The molecule has 96 valence electrons. The molecule has 0 aliphatic heterocycles. The highest BCUT2D eigenvalue weighted by molar-refractivity contribution is 5.69. The van der Waals surface area contributed by atoms with Gasteiger partial charge in [-0.2, -0.15) is 0 Å². The van der Waals surface area contributed by atoms with Crippen molar-refractivity contribution in [1.29, 1.82) is 0 Å². The Morgan fingerprint density at radius 3 is 2.50 bits per heavy atom. The van der Waals surface area contributed by atoms with Gasteiger partial charge in [-0.25, -0.2) is 0 Å². The van der Waals surface area contributed by atoms with Crippen LogP contribution in [0.15, 0.2) is 0 Å². The van der Waals surface area contributed by atoms with Gasteiger partial charge in [-0.3, -0.25) is 4.79 Å². The summed E-state index contributed by atoms with van der Waals surface area (Å²) in [6.07, 6.45) is 4.39. The lowest BCUT2D eigenvalue weighted by molar-refractivity contribution is -0.144. The fourth-order valence-electron chi connectivity index (χ4n) is 1.17. The third-order valence-corrected chi connectivity index (χ3v) is 2.11. The van der Waals surface area contributed by atoms with E-state index in [4.69, 9.17) is 14.2 Å². The number of rotatable bonds is 11. The molecule has 0 atom stereocenters. The van der Waals surface area contributed by atoms with Crippen molar-refractivity contribution in [2.75, 3.05) is 33.5 Å². The zero-order valence-electron chi connectivity index (χ0n) is 10.5. The van der Waals surface area contributed by atoms with Gasteiger partial charge in [0.05, 0.1) is 19.8 Å². The van der Waals surface area contributed by atoms with Crippen LogP contribution in [0.2, 0.25) is 0 Å². The monoisotopic (exact) mass is 232 g/mol. The molecular formula is C12H24O4. The van der Waals surface area contributed by atoms with E-state index in [9.17, 15) is 4.79 Å². The van der Waals surface area contributed by atoms with E-state index >= 15 is 0 Å². The minimum atomic E-state index is -0.119. The van der Waals surface area contributed by atoms with E-state index in [-0.39, 0.29) is 5.97 Å². The maximum Gasteiger partial charge on any atom is 0.305 e. The van der Waals surface area contributed by atoms with E-state index in [2.05, 4.69) is 6.92 Å². The summed E-state index contributed by atoms with van der Waals surface area (Å²) in [4.78, 5) is 11.2. The minimum Gasteiger partial charge on any atom is -0.466 e. The number of hydrogen-bond donors (Lipinski definition) is 0. The van der Waals surface area contributed by atoms with Crippen LogP contribution in [-0.2, 0) is 19.0 Å². The zero-order chi connectivity index (χ0) is 12.1. The van der Waals surface area contributed by atoms with E-state index in [1.165, 1.54) is 0 Å². The minimum absolute atomic E-state index is 0.119. The maximum atomic E-state index is 11.2. The van der Waals surface area contributed by atoms with Gasteiger partial charge in [0.1, 0.15) is 0 Å². The molecule has 0 rings (SSSR count). The van der Waals surface area contributed by atoms with Gasteiger partial charge in [0, 0.05) is 20.1 Å². The molecule has 4 heteroatoms. The van der Waals surface area contributed by atoms with Gasteiger partial charge in [0.2, 0.25) is 0 Å². The molecular weight excluding hydrogens is 208 g/mol. The highest BCUT2D eigenvalue weighted by atomic mass is 16.5. The molecule has 0 fully saturated rings. The Kier molecular flexibility index (Phi) is 12.0. The van der Waals surface area contributed by atoms with E-state index in [0.29, 0.717) is 32.8 Å². The van der Waals surface area contributed by atoms with E-state index in [0.717, 1.165) is 25.7 Å². The fourth-order valence-corrected chi connectivity index (χ4v) is 1.17. The smallest absolute Gasteiger partial charge is 0.305 e. The van der Waals surface area contributed by atoms with Gasteiger partial charge in [0.25, 0.3) is 0 Å². The fraction of sp³-hybridized carbons (Fsp3) is 0.917. The lowest BCUT2D eigenvalue weighted by atomic mass is 10.3. The SMILES string of the molecule is CCCCCOC(=O)CCCOCCOC. The zero-order valence-corrected chi connectivity index (χ0v) is 10.5. The highest BCUT2D eigenvalue weighted by Gasteiger charge is 2.01. The molecule has 0 heterocycles. The number of hydrogen-bond acceptors (Lipinski definition) is 4. The molecule has 0 unspecified atom stereocenters. The maximum absolute atomic E-state index is 11.2. The molecule has 0 bridgehead atoms. The third kappa shape index (κ3) is 11.5. The summed E-state index contributed by atoms with van der Waals surface area (Å²) in [5, 5.41) is 0. The second-order valence-corrected chi connectivity index (χ2v) is 3.64. The molecule has 4 nitrogen and oxygen atoms in total. The summed E-state index contributed by atoms with van der Waals surface area (Å²) in [7, 11) is 1.64. The molecule has 0 amide bonds. The third-order valence-electron chi connectivity index (χ3n) is 2.11. The van der Waals surface area contributed by atoms with Crippen LogP contribution in [0, 0.1) is 0 Å². The molecule has 0 N–H and O–H groups in total. The van der Waals surface area contributed by atoms with Crippen molar-refractivity contribution < 1.29 is 19.0 Å². The standard InChI is InChI=1S/C12H24O4/c1-3-4-5-9-16-12(13)7-6-8-15-11-10-14-2/h3-11H2,1-2H3. The van der Waals surface area contributed by atoms with E-state index in [1.807, 2.05) is 0 Å². The Hall–Kier alpha value is -0.610. The van der Waals surface area contributed by atoms with Crippen molar-refractivity contribution >= 4 is 5.97 Å². The van der Waals surface area contributed by atoms with Gasteiger partial charge in [-0.1, -0.05) is 19.8 Å². The summed E-state index contributed by atoms with van der Waals surface area (Å²) < 4.78 is 15.1. The Labute approximate surface area is 98.3 Å². The van der Waals surface area contributed by atoms with Gasteiger partial charge >= 0.3 is 5.97 Å². The number of esters is 1. The van der Waals surface area contributed by atoms with Crippen LogP contribution in [0.5, 0.6) is 0 Å². The van der Waals surface area contributed by atoms with Crippen molar-refractivity contribution in [3.05, 3.63) is 0 Å². The van der Waals surface area contributed by atoms with E-state index < -0.39 is 0 Å². The van der Waals surface area contributed by atoms with Crippen LogP contribution in [-0.4, -0.2) is 39.5 Å². The Morgan fingerprint density at radius 1 is 1.00 bits per heavy atom. The second-order valence-electron chi connectivity index (χ2n) is 3.64. The molecule has 0 aliphatic carbocycles. The molecule has 0 radical (unpaired) electrons. The lowest BCUT2D eigenvalue weighted by Gasteiger charge is -2.05. The first-order valence-corrected chi connectivity index (χ1v) is 6.03.